The zero-order chi connectivity index (χ0) is 23.0. The van der Waals surface area contributed by atoms with Crippen LogP contribution in [0, 0.1) is 0 Å². The van der Waals surface area contributed by atoms with Gasteiger partial charge in [-0.1, -0.05) is 49.1 Å². The minimum absolute atomic E-state index is 0.137. The molecule has 0 spiro atoms. The maximum Gasteiger partial charge on any atom is 0.273 e. The van der Waals surface area contributed by atoms with Crippen molar-refractivity contribution in [3.63, 3.8) is 0 Å². The quantitative estimate of drug-likeness (QED) is 0.593. The van der Waals surface area contributed by atoms with Crippen LogP contribution in [0.1, 0.15) is 55.1 Å². The van der Waals surface area contributed by atoms with Crippen molar-refractivity contribution >= 4 is 23.4 Å². The van der Waals surface area contributed by atoms with Gasteiger partial charge in [0.1, 0.15) is 16.9 Å². The van der Waals surface area contributed by atoms with Crippen molar-refractivity contribution in [3.05, 3.63) is 65.0 Å². The molecule has 0 radical (unpaired) electrons. The van der Waals surface area contributed by atoms with Crippen LogP contribution < -0.4 is 5.32 Å². The fourth-order valence-corrected chi connectivity index (χ4v) is 5.01. The van der Waals surface area contributed by atoms with E-state index in [0.29, 0.717) is 22.2 Å². The highest BCUT2D eigenvalue weighted by molar-refractivity contribution is 6.31. The molecule has 1 aliphatic heterocycles. The number of amides is 2. The van der Waals surface area contributed by atoms with Gasteiger partial charge in [-0.15, -0.1) is 0 Å². The Morgan fingerprint density at radius 3 is 2.73 bits per heavy atom. The Balaban J connectivity index is 1.52. The summed E-state index contributed by atoms with van der Waals surface area (Å²) in [4.78, 5) is 29.0. The van der Waals surface area contributed by atoms with Gasteiger partial charge in [-0.05, 0) is 43.5 Å². The average Bonchev–Trinajstić information content (AvgIpc) is 3.48. The largest absolute Gasteiger partial charge is 0.463 e. The van der Waals surface area contributed by atoms with Crippen LogP contribution in [0.2, 0.25) is 5.02 Å². The van der Waals surface area contributed by atoms with Crippen molar-refractivity contribution < 1.29 is 14.0 Å². The van der Waals surface area contributed by atoms with E-state index in [2.05, 4.69) is 10.4 Å². The fraction of sp³-hybridized carbons (Fsp3) is 0.400. The molecule has 1 aliphatic carbocycles. The predicted molar refractivity (Wildman–Crippen MR) is 125 cm³/mol. The van der Waals surface area contributed by atoms with E-state index in [1.54, 1.807) is 40.1 Å². The number of fused-ring (bicyclic) bond motifs is 1. The molecule has 1 atom stereocenters. The van der Waals surface area contributed by atoms with Crippen LogP contribution in [-0.4, -0.2) is 38.1 Å². The monoisotopic (exact) mass is 466 g/mol. The number of nitrogens with zero attached hydrogens (tertiary/aromatic N) is 3. The Kier molecular flexibility index (Phi) is 5.74. The van der Waals surface area contributed by atoms with E-state index in [-0.39, 0.29) is 30.9 Å². The molecule has 3 heterocycles. The maximum absolute atomic E-state index is 13.7. The lowest BCUT2D eigenvalue weighted by molar-refractivity contribution is -0.134. The summed E-state index contributed by atoms with van der Waals surface area (Å²) in [6.07, 6.45) is 6.93. The van der Waals surface area contributed by atoms with Gasteiger partial charge in [0.05, 0.1) is 12.8 Å². The first-order valence-corrected chi connectivity index (χ1v) is 11.8. The summed E-state index contributed by atoms with van der Waals surface area (Å²) in [5.74, 6) is 0.166. The van der Waals surface area contributed by atoms with Crippen LogP contribution in [-0.2, 0) is 17.9 Å². The van der Waals surface area contributed by atoms with Crippen molar-refractivity contribution in [2.24, 2.45) is 0 Å². The number of halogens is 1. The fourth-order valence-electron chi connectivity index (χ4n) is 4.82. The molecule has 0 saturated heterocycles. The Morgan fingerprint density at radius 1 is 1.21 bits per heavy atom. The number of carbonyl (C=O) groups is 2. The first-order chi connectivity index (χ1) is 16.0. The highest BCUT2D eigenvalue weighted by atomic mass is 35.5. The molecule has 5 rings (SSSR count). The van der Waals surface area contributed by atoms with E-state index >= 15 is 0 Å². The van der Waals surface area contributed by atoms with E-state index in [1.165, 1.54) is 6.42 Å². The van der Waals surface area contributed by atoms with E-state index in [1.807, 2.05) is 25.1 Å². The van der Waals surface area contributed by atoms with Crippen LogP contribution in [0.25, 0.3) is 11.5 Å². The second-order valence-electron chi connectivity index (χ2n) is 9.11. The molecule has 1 saturated carbocycles. The smallest absolute Gasteiger partial charge is 0.273 e. The standard InChI is InChI=1S/C25H27ClN4O3/c1-25(24(32)27-18-9-3-2-4-10-18)16-30-21(14-20(28-30)22-12-7-13-33-22)23(31)29(25)15-17-8-5-6-11-19(17)26/h5-8,11-14,18H,2-4,9-10,15-16H2,1H3,(H,27,32)/t25-/m0/s1. The molecule has 2 amide bonds. The number of hydrogen-bond donors (Lipinski definition) is 1. The normalized spacial score (nSPS) is 21.2. The predicted octanol–water partition coefficient (Wildman–Crippen LogP) is 4.66. The third-order valence-electron chi connectivity index (χ3n) is 6.79. The van der Waals surface area contributed by atoms with Gasteiger partial charge in [-0.3, -0.25) is 14.3 Å². The Hall–Kier alpha value is -3.06. The molecular weight excluding hydrogens is 440 g/mol. The molecule has 1 aromatic carbocycles. The van der Waals surface area contributed by atoms with Gasteiger partial charge in [-0.2, -0.15) is 5.10 Å². The molecule has 3 aromatic rings. The van der Waals surface area contributed by atoms with E-state index < -0.39 is 5.54 Å². The lowest BCUT2D eigenvalue weighted by Crippen LogP contribution is -2.64. The molecule has 8 heteroatoms. The molecule has 2 aromatic heterocycles. The second-order valence-corrected chi connectivity index (χ2v) is 9.52. The molecule has 0 bridgehead atoms. The van der Waals surface area contributed by atoms with Gasteiger partial charge in [0.25, 0.3) is 5.91 Å². The summed E-state index contributed by atoms with van der Waals surface area (Å²) in [5.41, 5.74) is 0.672. The molecule has 172 valence electrons. The number of carbonyl (C=O) groups excluding carboxylic acids is 2. The van der Waals surface area contributed by atoms with Crippen LogP contribution >= 0.6 is 11.6 Å². The average molecular weight is 467 g/mol. The van der Waals surface area contributed by atoms with Crippen LogP contribution in [0.15, 0.2) is 53.1 Å². The number of nitrogens with one attached hydrogen (secondary N) is 1. The third kappa shape index (κ3) is 4.06. The zero-order valence-corrected chi connectivity index (χ0v) is 19.3. The summed E-state index contributed by atoms with van der Waals surface area (Å²) in [6, 6.07) is 12.9. The Labute approximate surface area is 197 Å². The van der Waals surface area contributed by atoms with Gasteiger partial charge in [-0.25, -0.2) is 0 Å². The van der Waals surface area contributed by atoms with E-state index in [0.717, 1.165) is 31.2 Å². The summed E-state index contributed by atoms with van der Waals surface area (Å²) in [6.45, 7) is 2.29. The minimum Gasteiger partial charge on any atom is -0.463 e. The topological polar surface area (TPSA) is 80.4 Å². The molecular formula is C25H27ClN4O3. The van der Waals surface area contributed by atoms with Gasteiger partial charge < -0.3 is 14.6 Å². The molecule has 33 heavy (non-hydrogen) atoms. The van der Waals surface area contributed by atoms with E-state index in [9.17, 15) is 9.59 Å². The molecule has 0 unspecified atom stereocenters. The number of aromatic nitrogens is 2. The molecule has 7 nitrogen and oxygen atoms in total. The summed E-state index contributed by atoms with van der Waals surface area (Å²) in [5, 5.41) is 8.38. The van der Waals surface area contributed by atoms with Gasteiger partial charge >= 0.3 is 0 Å². The minimum atomic E-state index is -1.12. The number of rotatable bonds is 5. The van der Waals surface area contributed by atoms with Crippen molar-refractivity contribution in [3.8, 4) is 11.5 Å². The lowest BCUT2D eigenvalue weighted by Gasteiger charge is -2.44. The van der Waals surface area contributed by atoms with Crippen molar-refractivity contribution in [1.29, 1.82) is 0 Å². The third-order valence-corrected chi connectivity index (χ3v) is 7.16. The first kappa shape index (κ1) is 21.8. The zero-order valence-electron chi connectivity index (χ0n) is 18.6. The number of furan rings is 1. The summed E-state index contributed by atoms with van der Waals surface area (Å²) < 4.78 is 7.10. The van der Waals surface area contributed by atoms with Gasteiger partial charge in [0.15, 0.2) is 5.76 Å². The highest BCUT2D eigenvalue weighted by Crippen LogP contribution is 2.33. The van der Waals surface area contributed by atoms with Crippen molar-refractivity contribution in [1.82, 2.24) is 20.0 Å². The van der Waals surface area contributed by atoms with Gasteiger partial charge in [0.2, 0.25) is 5.91 Å². The Morgan fingerprint density at radius 2 is 2.00 bits per heavy atom. The molecule has 2 aliphatic rings. The van der Waals surface area contributed by atoms with Crippen molar-refractivity contribution in [2.75, 3.05) is 0 Å². The van der Waals surface area contributed by atoms with Crippen LogP contribution in [0.4, 0.5) is 0 Å². The molecule has 1 N–H and O–H groups in total. The maximum atomic E-state index is 13.7. The second kappa shape index (κ2) is 8.71. The van der Waals surface area contributed by atoms with Crippen LogP contribution in [0.3, 0.4) is 0 Å². The Bertz CT molecular complexity index is 1170. The number of hydrogen-bond acceptors (Lipinski definition) is 4. The van der Waals surface area contributed by atoms with Crippen molar-refractivity contribution in [2.45, 2.75) is 63.7 Å². The number of benzene rings is 1. The molecule has 1 fully saturated rings. The van der Waals surface area contributed by atoms with E-state index in [4.69, 9.17) is 16.0 Å². The summed E-state index contributed by atoms with van der Waals surface area (Å²) >= 11 is 6.42. The van der Waals surface area contributed by atoms with Gasteiger partial charge in [0, 0.05) is 23.7 Å². The van der Waals surface area contributed by atoms with Crippen LogP contribution in [0.5, 0.6) is 0 Å². The summed E-state index contributed by atoms with van der Waals surface area (Å²) in [7, 11) is 0. The SMILES string of the molecule is C[C@@]1(C(=O)NC2CCCCC2)Cn2nc(-c3ccco3)cc2C(=O)N1Cc1ccccc1Cl. The first-order valence-electron chi connectivity index (χ1n) is 11.4. The lowest BCUT2D eigenvalue weighted by atomic mass is 9.91. The highest BCUT2D eigenvalue weighted by Gasteiger charge is 2.48.